The Balaban J connectivity index is 1.46. The Kier molecular flexibility index (Phi) is 6.54. The smallest absolute Gasteiger partial charge is 0.232 e. The van der Waals surface area contributed by atoms with E-state index in [2.05, 4.69) is 35.1 Å². The lowest BCUT2D eigenvalue weighted by Crippen LogP contribution is -2.47. The number of hydrogen-bond acceptors (Lipinski definition) is 9. The molecule has 1 aromatic carbocycles. The molecule has 1 saturated heterocycles. The number of ether oxygens (including phenoxy) is 1. The third-order valence-electron chi connectivity index (χ3n) is 5.00. The van der Waals surface area contributed by atoms with Crippen LogP contribution in [0.2, 0.25) is 0 Å². The summed E-state index contributed by atoms with van der Waals surface area (Å²) in [4.78, 5) is 22.2. The van der Waals surface area contributed by atoms with E-state index in [0.717, 1.165) is 43.3 Å². The molecule has 9 nitrogen and oxygen atoms in total. The maximum absolute atomic E-state index is 9.12. The standard InChI is InChI=1S/C22H27N7O2/c1-16-14-20(6-7-23-16)31-19-5-3-4-18(15-19)26-21-24-17(2)25-22(27-21)29-10-8-28(9-11-29)12-13-30/h3-7,14-15,30H,8-13H2,1-2H3,(H,24,25,26,27). The van der Waals surface area contributed by atoms with Crippen LogP contribution in [0.3, 0.4) is 0 Å². The van der Waals surface area contributed by atoms with Gasteiger partial charge in [0.05, 0.1) is 6.61 Å². The Morgan fingerprint density at radius 3 is 2.58 bits per heavy atom. The van der Waals surface area contributed by atoms with Gasteiger partial charge in [-0.2, -0.15) is 15.0 Å². The van der Waals surface area contributed by atoms with E-state index < -0.39 is 0 Å². The second-order valence-corrected chi connectivity index (χ2v) is 7.45. The average Bonchev–Trinajstić information content (AvgIpc) is 2.74. The molecule has 0 amide bonds. The lowest BCUT2D eigenvalue weighted by Gasteiger charge is -2.34. The molecule has 0 unspecified atom stereocenters. The van der Waals surface area contributed by atoms with Crippen molar-refractivity contribution in [1.29, 1.82) is 0 Å². The molecule has 1 aliphatic heterocycles. The maximum atomic E-state index is 9.12. The number of hydrogen-bond donors (Lipinski definition) is 2. The molecule has 2 N–H and O–H groups in total. The second kappa shape index (κ2) is 9.67. The minimum absolute atomic E-state index is 0.183. The molecule has 0 atom stereocenters. The molecule has 1 fully saturated rings. The number of piperazine rings is 1. The molecule has 31 heavy (non-hydrogen) atoms. The molecule has 162 valence electrons. The van der Waals surface area contributed by atoms with Crippen LogP contribution >= 0.6 is 0 Å². The van der Waals surface area contributed by atoms with Gasteiger partial charge in [0.15, 0.2) is 0 Å². The molecule has 9 heteroatoms. The first-order valence-electron chi connectivity index (χ1n) is 10.4. The normalized spacial score (nSPS) is 14.5. The molecular weight excluding hydrogens is 394 g/mol. The molecule has 0 radical (unpaired) electrons. The highest BCUT2D eigenvalue weighted by Crippen LogP contribution is 2.25. The zero-order valence-electron chi connectivity index (χ0n) is 17.8. The highest BCUT2D eigenvalue weighted by molar-refractivity contribution is 5.57. The number of aromatic nitrogens is 4. The van der Waals surface area contributed by atoms with Crippen molar-refractivity contribution in [1.82, 2.24) is 24.8 Å². The van der Waals surface area contributed by atoms with Crippen molar-refractivity contribution in [2.75, 3.05) is 49.5 Å². The summed E-state index contributed by atoms with van der Waals surface area (Å²) in [7, 11) is 0. The predicted octanol–water partition coefficient (Wildman–Crippen LogP) is 2.53. The molecule has 0 saturated carbocycles. The number of pyridine rings is 1. The summed E-state index contributed by atoms with van der Waals surface area (Å²) in [6.45, 7) is 8.07. The van der Waals surface area contributed by atoms with Crippen LogP contribution < -0.4 is 15.0 Å². The van der Waals surface area contributed by atoms with Crippen LogP contribution in [-0.2, 0) is 0 Å². The van der Waals surface area contributed by atoms with E-state index in [-0.39, 0.29) is 6.61 Å². The lowest BCUT2D eigenvalue weighted by molar-refractivity contribution is 0.188. The van der Waals surface area contributed by atoms with Crippen molar-refractivity contribution in [3.05, 3.63) is 54.1 Å². The number of aliphatic hydroxyl groups excluding tert-OH is 1. The summed E-state index contributed by atoms with van der Waals surface area (Å²) >= 11 is 0. The molecule has 4 rings (SSSR count). The van der Waals surface area contributed by atoms with E-state index in [9.17, 15) is 0 Å². The largest absolute Gasteiger partial charge is 0.457 e. The number of aryl methyl sites for hydroxylation is 2. The summed E-state index contributed by atoms with van der Waals surface area (Å²) in [6.07, 6.45) is 1.73. The third kappa shape index (κ3) is 5.65. The van der Waals surface area contributed by atoms with E-state index >= 15 is 0 Å². The highest BCUT2D eigenvalue weighted by atomic mass is 16.5. The number of β-amino-alcohol motifs (C(OH)–C–C–N with tert-alkyl or cyclic N) is 1. The maximum Gasteiger partial charge on any atom is 0.232 e. The van der Waals surface area contributed by atoms with Gasteiger partial charge in [-0.15, -0.1) is 0 Å². The predicted molar refractivity (Wildman–Crippen MR) is 119 cm³/mol. The van der Waals surface area contributed by atoms with Crippen LogP contribution in [0.25, 0.3) is 0 Å². The summed E-state index contributed by atoms with van der Waals surface area (Å²) in [5, 5.41) is 12.4. The molecule has 2 aromatic heterocycles. The van der Waals surface area contributed by atoms with Crippen molar-refractivity contribution in [3.8, 4) is 11.5 Å². The summed E-state index contributed by atoms with van der Waals surface area (Å²) in [6, 6.07) is 11.4. The number of anilines is 3. The quantitative estimate of drug-likeness (QED) is 0.596. The molecule has 3 aromatic rings. The van der Waals surface area contributed by atoms with Crippen molar-refractivity contribution in [2.45, 2.75) is 13.8 Å². The van der Waals surface area contributed by atoms with Crippen molar-refractivity contribution in [2.24, 2.45) is 0 Å². The molecule has 3 heterocycles. The van der Waals surface area contributed by atoms with Gasteiger partial charge in [-0.25, -0.2) is 0 Å². The van der Waals surface area contributed by atoms with E-state index in [0.29, 0.717) is 30.0 Å². The Morgan fingerprint density at radius 1 is 1.00 bits per heavy atom. The molecule has 0 bridgehead atoms. The monoisotopic (exact) mass is 421 g/mol. The van der Waals surface area contributed by atoms with Gasteiger partial charge in [-0.1, -0.05) is 6.07 Å². The Hall–Kier alpha value is -3.30. The van der Waals surface area contributed by atoms with Gasteiger partial charge >= 0.3 is 0 Å². The molecule has 0 spiro atoms. The van der Waals surface area contributed by atoms with E-state index in [1.54, 1.807) is 6.20 Å². The number of rotatable bonds is 7. The minimum Gasteiger partial charge on any atom is -0.457 e. The van der Waals surface area contributed by atoms with Gasteiger partial charge in [0, 0.05) is 62.4 Å². The van der Waals surface area contributed by atoms with Crippen LogP contribution in [0.15, 0.2) is 42.6 Å². The lowest BCUT2D eigenvalue weighted by atomic mass is 10.3. The van der Waals surface area contributed by atoms with Gasteiger partial charge in [-0.05, 0) is 32.0 Å². The zero-order chi connectivity index (χ0) is 21.6. The zero-order valence-corrected chi connectivity index (χ0v) is 17.8. The SMILES string of the molecule is Cc1cc(Oc2cccc(Nc3nc(C)nc(N4CCN(CCO)CC4)n3)c2)ccn1. The molecule has 1 aliphatic rings. The fourth-order valence-electron chi connectivity index (χ4n) is 3.46. The summed E-state index contributed by atoms with van der Waals surface area (Å²) in [5.41, 5.74) is 1.73. The fraction of sp³-hybridized carbons (Fsp3) is 0.364. The topological polar surface area (TPSA) is 99.5 Å². The minimum atomic E-state index is 0.183. The van der Waals surface area contributed by atoms with E-state index in [1.165, 1.54) is 0 Å². The van der Waals surface area contributed by atoms with Crippen LogP contribution in [0.5, 0.6) is 11.5 Å². The second-order valence-electron chi connectivity index (χ2n) is 7.45. The van der Waals surface area contributed by atoms with Crippen LogP contribution in [-0.4, -0.2) is 69.3 Å². The molecule has 0 aliphatic carbocycles. The van der Waals surface area contributed by atoms with Crippen molar-refractivity contribution >= 4 is 17.6 Å². The number of aliphatic hydroxyl groups is 1. The van der Waals surface area contributed by atoms with Gasteiger partial charge in [0.2, 0.25) is 11.9 Å². The first kappa shape index (κ1) is 21.0. The number of benzene rings is 1. The highest BCUT2D eigenvalue weighted by Gasteiger charge is 2.19. The first-order chi connectivity index (χ1) is 15.1. The third-order valence-corrected chi connectivity index (χ3v) is 5.00. The Labute approximate surface area is 181 Å². The number of nitrogens with zero attached hydrogens (tertiary/aromatic N) is 6. The Bertz CT molecular complexity index is 1020. The van der Waals surface area contributed by atoms with Gasteiger partial charge < -0.3 is 20.1 Å². The average molecular weight is 422 g/mol. The molecular formula is C22H27N7O2. The van der Waals surface area contributed by atoms with E-state index in [4.69, 9.17) is 9.84 Å². The van der Waals surface area contributed by atoms with Crippen molar-refractivity contribution < 1.29 is 9.84 Å². The van der Waals surface area contributed by atoms with Crippen LogP contribution in [0, 0.1) is 13.8 Å². The van der Waals surface area contributed by atoms with Gasteiger partial charge in [0.1, 0.15) is 17.3 Å². The Morgan fingerprint density at radius 2 is 1.81 bits per heavy atom. The number of nitrogens with one attached hydrogen (secondary N) is 1. The fourth-order valence-corrected chi connectivity index (χ4v) is 3.46. The van der Waals surface area contributed by atoms with E-state index in [1.807, 2.05) is 50.2 Å². The van der Waals surface area contributed by atoms with Gasteiger partial charge in [0.25, 0.3) is 0 Å². The van der Waals surface area contributed by atoms with Crippen LogP contribution in [0.4, 0.5) is 17.6 Å². The van der Waals surface area contributed by atoms with Crippen LogP contribution in [0.1, 0.15) is 11.5 Å². The summed E-state index contributed by atoms with van der Waals surface area (Å²) < 4.78 is 5.95. The van der Waals surface area contributed by atoms with Gasteiger partial charge in [-0.3, -0.25) is 9.88 Å². The summed E-state index contributed by atoms with van der Waals surface area (Å²) in [5.74, 6) is 3.27. The van der Waals surface area contributed by atoms with Crippen molar-refractivity contribution in [3.63, 3.8) is 0 Å². The first-order valence-corrected chi connectivity index (χ1v) is 10.4.